The second kappa shape index (κ2) is 4.83. The molecule has 0 atom stereocenters. The highest BCUT2D eigenvalue weighted by molar-refractivity contribution is 9.10. The molecule has 1 aliphatic rings. The maximum Gasteiger partial charge on any atom is 0.143 e. The minimum Gasteiger partial charge on any atom is -0.352 e. The fourth-order valence-electron chi connectivity index (χ4n) is 1.66. The lowest BCUT2D eigenvalue weighted by atomic mass is 10.3. The largest absolute Gasteiger partial charge is 0.352 e. The third-order valence-electron chi connectivity index (χ3n) is 2.65. The number of anilines is 1. The Morgan fingerprint density at radius 2 is 2.27 bits per heavy atom. The summed E-state index contributed by atoms with van der Waals surface area (Å²) in [5, 5.41) is 0.992. The number of aryl methyl sites for hydroxylation is 1. The monoisotopic (exact) mass is 332 g/mol. The van der Waals surface area contributed by atoms with E-state index >= 15 is 0 Å². The van der Waals surface area contributed by atoms with Gasteiger partial charge in [0.1, 0.15) is 5.82 Å². The van der Waals surface area contributed by atoms with Gasteiger partial charge in [-0.25, -0.2) is 4.98 Å². The quantitative estimate of drug-likeness (QED) is 0.784. The third-order valence-corrected chi connectivity index (χ3v) is 3.98. The molecule has 2 nitrogen and oxygen atoms in total. The van der Waals surface area contributed by atoms with Crippen molar-refractivity contribution in [1.82, 2.24) is 4.98 Å². The molecule has 1 aliphatic carbocycles. The van der Waals surface area contributed by atoms with Gasteiger partial charge in [-0.2, -0.15) is 0 Å². The van der Waals surface area contributed by atoms with E-state index in [2.05, 4.69) is 48.7 Å². The summed E-state index contributed by atoms with van der Waals surface area (Å²) in [6.07, 6.45) is 4.49. The van der Waals surface area contributed by atoms with Crippen molar-refractivity contribution < 1.29 is 0 Å². The fraction of sp³-hybridized carbons (Fsp3) is 0.545. The van der Waals surface area contributed by atoms with Crippen LogP contribution in [0.4, 0.5) is 5.82 Å². The van der Waals surface area contributed by atoms with E-state index in [1.807, 2.05) is 12.3 Å². The van der Waals surface area contributed by atoms with Crippen LogP contribution in [0.5, 0.6) is 0 Å². The van der Waals surface area contributed by atoms with Crippen molar-refractivity contribution >= 4 is 37.7 Å². The van der Waals surface area contributed by atoms with Crippen molar-refractivity contribution in [2.75, 3.05) is 16.8 Å². The molecule has 0 unspecified atom stereocenters. The molecule has 0 spiro atoms. The highest BCUT2D eigenvalue weighted by Crippen LogP contribution is 2.35. The predicted octanol–water partition coefficient (Wildman–Crippen LogP) is 3.52. The normalized spacial score (nSPS) is 15.4. The van der Waals surface area contributed by atoms with Gasteiger partial charge < -0.3 is 4.90 Å². The van der Waals surface area contributed by atoms with Gasteiger partial charge in [0.05, 0.1) is 4.47 Å². The lowest BCUT2D eigenvalue weighted by Gasteiger charge is -2.24. The topological polar surface area (TPSA) is 16.1 Å². The second-order valence-electron chi connectivity index (χ2n) is 3.88. The molecular weight excluding hydrogens is 320 g/mol. The first-order chi connectivity index (χ1) is 7.24. The van der Waals surface area contributed by atoms with Gasteiger partial charge in [-0.15, -0.1) is 0 Å². The van der Waals surface area contributed by atoms with Crippen LogP contribution in [0.1, 0.15) is 18.4 Å². The molecule has 15 heavy (non-hydrogen) atoms. The smallest absolute Gasteiger partial charge is 0.143 e. The first kappa shape index (κ1) is 11.4. The lowest BCUT2D eigenvalue weighted by molar-refractivity contribution is 0.811. The maximum absolute atomic E-state index is 4.48. The van der Waals surface area contributed by atoms with Gasteiger partial charge in [0.15, 0.2) is 0 Å². The summed E-state index contributed by atoms with van der Waals surface area (Å²) in [6.45, 7) is 3.13. The third kappa shape index (κ3) is 2.53. The minimum atomic E-state index is 0.702. The standard InChI is InChI=1S/C11H14Br2N2/c1-8-4-6-14-11(10(8)13)15(7-5-12)9-2-3-9/h4,6,9H,2-3,5,7H2,1H3. The SMILES string of the molecule is Cc1ccnc(N(CCBr)C2CC2)c1Br. The molecule has 4 heteroatoms. The summed E-state index contributed by atoms with van der Waals surface area (Å²) in [5.41, 5.74) is 1.25. The van der Waals surface area contributed by atoms with Crippen LogP contribution in [0, 0.1) is 6.92 Å². The Morgan fingerprint density at radius 3 is 2.87 bits per heavy atom. The van der Waals surface area contributed by atoms with Gasteiger partial charge in [-0.1, -0.05) is 15.9 Å². The van der Waals surface area contributed by atoms with Gasteiger partial charge >= 0.3 is 0 Å². The zero-order valence-electron chi connectivity index (χ0n) is 8.71. The first-order valence-corrected chi connectivity index (χ1v) is 7.09. The van der Waals surface area contributed by atoms with Crippen LogP contribution in [-0.4, -0.2) is 22.9 Å². The number of alkyl halides is 1. The highest BCUT2D eigenvalue weighted by atomic mass is 79.9. The molecular formula is C11H14Br2N2. The number of nitrogens with zero attached hydrogens (tertiary/aromatic N) is 2. The average Bonchev–Trinajstić information content (AvgIpc) is 3.03. The number of rotatable bonds is 4. The molecule has 0 N–H and O–H groups in total. The van der Waals surface area contributed by atoms with Crippen LogP contribution in [0.2, 0.25) is 0 Å². The van der Waals surface area contributed by atoms with Gasteiger partial charge in [-0.3, -0.25) is 0 Å². The van der Waals surface area contributed by atoms with Gasteiger partial charge in [0, 0.05) is 24.1 Å². The molecule has 0 amide bonds. The van der Waals surface area contributed by atoms with Crippen molar-refractivity contribution in [3.63, 3.8) is 0 Å². The molecule has 1 fully saturated rings. The molecule has 1 heterocycles. The fourth-order valence-corrected chi connectivity index (χ4v) is 2.51. The van der Waals surface area contributed by atoms with E-state index in [-0.39, 0.29) is 0 Å². The van der Waals surface area contributed by atoms with E-state index < -0.39 is 0 Å². The zero-order valence-corrected chi connectivity index (χ0v) is 11.9. The summed E-state index contributed by atoms with van der Waals surface area (Å²) in [7, 11) is 0. The molecule has 0 bridgehead atoms. The number of hydrogen-bond acceptors (Lipinski definition) is 2. The first-order valence-electron chi connectivity index (χ1n) is 5.17. The molecule has 0 radical (unpaired) electrons. The zero-order chi connectivity index (χ0) is 10.8. The van der Waals surface area contributed by atoms with Crippen LogP contribution in [0.3, 0.4) is 0 Å². The minimum absolute atomic E-state index is 0.702. The van der Waals surface area contributed by atoms with Crippen LogP contribution in [0.25, 0.3) is 0 Å². The molecule has 1 saturated carbocycles. The summed E-state index contributed by atoms with van der Waals surface area (Å²) in [5.74, 6) is 1.09. The summed E-state index contributed by atoms with van der Waals surface area (Å²) in [4.78, 5) is 6.87. The predicted molar refractivity (Wildman–Crippen MR) is 70.8 cm³/mol. The van der Waals surface area contributed by atoms with E-state index in [4.69, 9.17) is 0 Å². The van der Waals surface area contributed by atoms with Crippen LogP contribution in [-0.2, 0) is 0 Å². The Kier molecular flexibility index (Phi) is 3.67. The van der Waals surface area contributed by atoms with E-state index in [1.165, 1.54) is 18.4 Å². The van der Waals surface area contributed by atoms with Gasteiger partial charge in [0.2, 0.25) is 0 Å². The van der Waals surface area contributed by atoms with Crippen LogP contribution in [0.15, 0.2) is 16.7 Å². The molecule has 0 aliphatic heterocycles. The molecule has 1 aromatic rings. The summed E-state index contributed by atoms with van der Waals surface area (Å²) in [6, 6.07) is 2.74. The van der Waals surface area contributed by atoms with Gasteiger partial charge in [-0.05, 0) is 47.3 Å². The van der Waals surface area contributed by atoms with E-state index in [0.717, 1.165) is 22.2 Å². The van der Waals surface area contributed by atoms with E-state index in [1.54, 1.807) is 0 Å². The Bertz CT molecular complexity index is 350. The Morgan fingerprint density at radius 1 is 1.53 bits per heavy atom. The van der Waals surface area contributed by atoms with Crippen molar-refractivity contribution in [3.8, 4) is 0 Å². The number of halogens is 2. The Hall–Kier alpha value is -0.0900. The number of hydrogen-bond donors (Lipinski definition) is 0. The molecule has 0 saturated heterocycles. The maximum atomic E-state index is 4.48. The summed E-state index contributed by atoms with van der Waals surface area (Å²) < 4.78 is 1.14. The highest BCUT2D eigenvalue weighted by Gasteiger charge is 2.30. The number of aromatic nitrogens is 1. The van der Waals surface area contributed by atoms with Crippen molar-refractivity contribution in [2.24, 2.45) is 0 Å². The molecule has 82 valence electrons. The van der Waals surface area contributed by atoms with Crippen molar-refractivity contribution in [3.05, 3.63) is 22.3 Å². The van der Waals surface area contributed by atoms with Crippen LogP contribution >= 0.6 is 31.9 Å². The number of pyridine rings is 1. The molecule has 2 rings (SSSR count). The van der Waals surface area contributed by atoms with Crippen molar-refractivity contribution in [2.45, 2.75) is 25.8 Å². The lowest BCUT2D eigenvalue weighted by Crippen LogP contribution is -2.29. The van der Waals surface area contributed by atoms with Gasteiger partial charge in [0.25, 0.3) is 0 Å². The van der Waals surface area contributed by atoms with Crippen LogP contribution < -0.4 is 4.90 Å². The second-order valence-corrected chi connectivity index (χ2v) is 5.46. The van der Waals surface area contributed by atoms with E-state index in [9.17, 15) is 0 Å². The molecule has 0 aromatic carbocycles. The van der Waals surface area contributed by atoms with E-state index in [0.29, 0.717) is 6.04 Å². The summed E-state index contributed by atoms with van der Waals surface area (Å²) >= 11 is 7.13. The Balaban J connectivity index is 2.28. The average molecular weight is 334 g/mol. The molecule has 1 aromatic heterocycles. The Labute approximate surface area is 107 Å². The van der Waals surface area contributed by atoms with Crippen molar-refractivity contribution in [1.29, 1.82) is 0 Å².